The standard InChI is InChI=1S/C17H20N2OS2.ClH/c20-17(10-15-13-22-9-7-18-15)19(11-14-6-8-21-12-14)16-4-2-1-3-5-16;/h1-6,8,12,15,18H,7,9-11,13H2;1H. The van der Waals surface area contributed by atoms with Gasteiger partial charge in [-0.15, -0.1) is 12.4 Å². The van der Waals surface area contributed by atoms with Crippen LogP contribution in [0.1, 0.15) is 12.0 Å². The summed E-state index contributed by atoms with van der Waals surface area (Å²) in [5.74, 6) is 2.35. The average molecular weight is 369 g/mol. The molecule has 1 aromatic heterocycles. The van der Waals surface area contributed by atoms with Crippen LogP contribution in [0.4, 0.5) is 5.69 Å². The van der Waals surface area contributed by atoms with Crippen LogP contribution in [0.25, 0.3) is 0 Å². The molecule has 2 aromatic rings. The minimum absolute atomic E-state index is 0. The second kappa shape index (κ2) is 9.33. The highest BCUT2D eigenvalue weighted by molar-refractivity contribution is 7.99. The van der Waals surface area contributed by atoms with Crippen molar-refractivity contribution >= 4 is 47.1 Å². The topological polar surface area (TPSA) is 32.3 Å². The summed E-state index contributed by atoms with van der Waals surface area (Å²) < 4.78 is 0. The van der Waals surface area contributed by atoms with Crippen LogP contribution in [-0.4, -0.2) is 30.0 Å². The maximum Gasteiger partial charge on any atom is 0.228 e. The summed E-state index contributed by atoms with van der Waals surface area (Å²) in [5.41, 5.74) is 2.16. The first kappa shape index (κ1) is 18.3. The van der Waals surface area contributed by atoms with Crippen molar-refractivity contribution < 1.29 is 4.79 Å². The van der Waals surface area contributed by atoms with Crippen molar-refractivity contribution in [2.75, 3.05) is 23.0 Å². The molecule has 23 heavy (non-hydrogen) atoms. The number of thioether (sulfide) groups is 1. The number of nitrogens with zero attached hydrogens (tertiary/aromatic N) is 1. The number of carbonyl (C=O) groups excluding carboxylic acids is 1. The molecule has 1 amide bonds. The highest BCUT2D eigenvalue weighted by Gasteiger charge is 2.22. The third kappa shape index (κ3) is 5.24. The van der Waals surface area contributed by atoms with E-state index in [1.165, 1.54) is 5.56 Å². The van der Waals surface area contributed by atoms with Crippen LogP contribution < -0.4 is 10.2 Å². The molecule has 0 bridgehead atoms. The number of thiophene rings is 1. The van der Waals surface area contributed by atoms with Gasteiger partial charge < -0.3 is 10.2 Å². The largest absolute Gasteiger partial charge is 0.312 e. The van der Waals surface area contributed by atoms with E-state index in [4.69, 9.17) is 0 Å². The number of hydrogen-bond donors (Lipinski definition) is 1. The number of amides is 1. The van der Waals surface area contributed by atoms with Crippen LogP contribution in [0.5, 0.6) is 0 Å². The monoisotopic (exact) mass is 368 g/mol. The smallest absolute Gasteiger partial charge is 0.228 e. The highest BCUT2D eigenvalue weighted by atomic mass is 35.5. The first-order valence-electron chi connectivity index (χ1n) is 7.50. The summed E-state index contributed by atoms with van der Waals surface area (Å²) >= 11 is 3.60. The Morgan fingerprint density at radius 2 is 2.09 bits per heavy atom. The SMILES string of the molecule is Cl.O=C(CC1CSCCN1)N(Cc1ccsc1)c1ccccc1. The number of anilines is 1. The second-order valence-corrected chi connectivity index (χ2v) is 7.31. The van der Waals surface area contributed by atoms with E-state index in [0.29, 0.717) is 19.0 Å². The summed E-state index contributed by atoms with van der Waals surface area (Å²) in [6.07, 6.45) is 0.562. The van der Waals surface area contributed by atoms with E-state index in [1.807, 2.05) is 47.0 Å². The van der Waals surface area contributed by atoms with Gasteiger partial charge >= 0.3 is 0 Å². The van der Waals surface area contributed by atoms with Gasteiger partial charge in [-0.2, -0.15) is 23.1 Å². The number of carbonyl (C=O) groups is 1. The Balaban J connectivity index is 0.00000192. The van der Waals surface area contributed by atoms with Crippen molar-refractivity contribution in [1.82, 2.24) is 5.32 Å². The van der Waals surface area contributed by atoms with Gasteiger partial charge in [0.05, 0.1) is 6.54 Å². The number of benzene rings is 1. The van der Waals surface area contributed by atoms with E-state index in [1.54, 1.807) is 11.3 Å². The van der Waals surface area contributed by atoms with Crippen molar-refractivity contribution in [3.05, 3.63) is 52.7 Å². The van der Waals surface area contributed by atoms with E-state index >= 15 is 0 Å². The summed E-state index contributed by atoms with van der Waals surface area (Å²) in [5, 5.41) is 7.62. The van der Waals surface area contributed by atoms with Crippen molar-refractivity contribution in [3.63, 3.8) is 0 Å². The number of para-hydroxylation sites is 1. The molecule has 1 unspecified atom stereocenters. The van der Waals surface area contributed by atoms with Crippen molar-refractivity contribution in [2.45, 2.75) is 19.0 Å². The summed E-state index contributed by atoms with van der Waals surface area (Å²) in [6, 6.07) is 12.3. The quantitative estimate of drug-likeness (QED) is 0.871. The number of nitrogens with one attached hydrogen (secondary N) is 1. The third-order valence-electron chi connectivity index (χ3n) is 3.71. The molecule has 3 nitrogen and oxygen atoms in total. The third-order valence-corrected chi connectivity index (χ3v) is 5.57. The summed E-state index contributed by atoms with van der Waals surface area (Å²) in [6.45, 7) is 1.64. The van der Waals surface area contributed by atoms with Gasteiger partial charge in [0.1, 0.15) is 0 Å². The van der Waals surface area contributed by atoms with E-state index in [2.05, 4.69) is 22.1 Å². The molecule has 1 aromatic carbocycles. The van der Waals surface area contributed by atoms with Gasteiger partial charge in [-0.25, -0.2) is 0 Å². The molecular weight excluding hydrogens is 348 g/mol. The molecule has 1 fully saturated rings. The molecule has 0 aliphatic carbocycles. The Morgan fingerprint density at radius 3 is 2.74 bits per heavy atom. The predicted octanol–water partition coefficient (Wildman–Crippen LogP) is 3.80. The fraction of sp³-hybridized carbons (Fsp3) is 0.353. The molecule has 0 saturated carbocycles. The van der Waals surface area contributed by atoms with Crippen LogP contribution in [0.2, 0.25) is 0 Å². The zero-order valence-electron chi connectivity index (χ0n) is 12.8. The Morgan fingerprint density at radius 1 is 1.26 bits per heavy atom. The Hall–Kier alpha value is -1.01. The lowest BCUT2D eigenvalue weighted by molar-refractivity contribution is -0.119. The van der Waals surface area contributed by atoms with Crippen LogP contribution in [0, 0.1) is 0 Å². The molecule has 1 N–H and O–H groups in total. The van der Waals surface area contributed by atoms with Gasteiger partial charge in [-0.05, 0) is 34.5 Å². The van der Waals surface area contributed by atoms with Gasteiger partial charge in [0.15, 0.2) is 0 Å². The molecule has 1 atom stereocenters. The molecular formula is C17H21ClN2OS2. The zero-order valence-corrected chi connectivity index (χ0v) is 15.3. The first-order chi connectivity index (χ1) is 10.8. The highest BCUT2D eigenvalue weighted by Crippen LogP contribution is 2.21. The second-order valence-electron chi connectivity index (χ2n) is 5.38. The minimum atomic E-state index is 0. The van der Waals surface area contributed by atoms with E-state index in [-0.39, 0.29) is 18.3 Å². The molecule has 3 rings (SSSR count). The normalized spacial score (nSPS) is 17.3. The van der Waals surface area contributed by atoms with Crippen LogP contribution in [-0.2, 0) is 11.3 Å². The molecule has 1 aliphatic rings. The lowest BCUT2D eigenvalue weighted by Crippen LogP contribution is -2.42. The fourth-order valence-corrected chi connectivity index (χ4v) is 4.18. The predicted molar refractivity (Wildman–Crippen MR) is 103 cm³/mol. The fourth-order valence-electron chi connectivity index (χ4n) is 2.57. The van der Waals surface area contributed by atoms with Crippen molar-refractivity contribution in [1.29, 1.82) is 0 Å². The molecule has 1 aliphatic heterocycles. The average Bonchev–Trinajstić information content (AvgIpc) is 3.07. The van der Waals surface area contributed by atoms with Gasteiger partial charge in [0.25, 0.3) is 0 Å². The maximum atomic E-state index is 12.8. The molecule has 6 heteroatoms. The molecule has 124 valence electrons. The minimum Gasteiger partial charge on any atom is -0.312 e. The summed E-state index contributed by atoms with van der Waals surface area (Å²) in [7, 11) is 0. The van der Waals surface area contributed by atoms with Crippen LogP contribution in [0.15, 0.2) is 47.2 Å². The van der Waals surface area contributed by atoms with E-state index < -0.39 is 0 Å². The zero-order chi connectivity index (χ0) is 15.2. The van der Waals surface area contributed by atoms with Gasteiger partial charge in [0, 0.05) is 36.2 Å². The molecule has 1 saturated heterocycles. The van der Waals surface area contributed by atoms with Crippen LogP contribution in [0.3, 0.4) is 0 Å². The number of hydrogen-bond acceptors (Lipinski definition) is 4. The Bertz CT molecular complexity index is 586. The Labute approximate surface area is 151 Å². The van der Waals surface area contributed by atoms with E-state index in [9.17, 15) is 4.79 Å². The number of rotatable bonds is 5. The maximum absolute atomic E-state index is 12.8. The van der Waals surface area contributed by atoms with Gasteiger partial charge in [-0.3, -0.25) is 4.79 Å². The van der Waals surface area contributed by atoms with Gasteiger partial charge in [0.2, 0.25) is 5.91 Å². The number of halogens is 1. The first-order valence-corrected chi connectivity index (χ1v) is 9.60. The molecule has 0 radical (unpaired) electrons. The van der Waals surface area contributed by atoms with E-state index in [0.717, 1.165) is 23.7 Å². The van der Waals surface area contributed by atoms with Crippen molar-refractivity contribution in [3.8, 4) is 0 Å². The lowest BCUT2D eigenvalue weighted by Gasteiger charge is -2.27. The summed E-state index contributed by atoms with van der Waals surface area (Å²) in [4.78, 5) is 14.7. The lowest BCUT2D eigenvalue weighted by atomic mass is 10.1. The van der Waals surface area contributed by atoms with Crippen molar-refractivity contribution in [2.24, 2.45) is 0 Å². The van der Waals surface area contributed by atoms with Gasteiger partial charge in [-0.1, -0.05) is 18.2 Å². The molecule has 0 spiro atoms. The molecule has 2 heterocycles. The van der Waals surface area contributed by atoms with Crippen LogP contribution >= 0.6 is 35.5 Å². The Kier molecular flexibility index (Phi) is 7.43.